The van der Waals surface area contributed by atoms with Crippen LogP contribution in [0.4, 0.5) is 0 Å². The van der Waals surface area contributed by atoms with Crippen LogP contribution in [0.2, 0.25) is 0 Å². The number of hydrogen-bond donors (Lipinski definition) is 2. The van der Waals surface area contributed by atoms with Crippen LogP contribution in [-0.2, 0) is 6.42 Å². The maximum Gasteiger partial charge on any atom is 0.139 e. The largest absolute Gasteiger partial charge is 0.485 e. The molecule has 1 aliphatic heterocycles. The van der Waals surface area contributed by atoms with Crippen molar-refractivity contribution in [3.63, 3.8) is 0 Å². The zero-order valence-corrected chi connectivity index (χ0v) is 19.1. The molecule has 1 heterocycles. The van der Waals surface area contributed by atoms with Gasteiger partial charge in [0.05, 0.1) is 11.1 Å². The summed E-state index contributed by atoms with van der Waals surface area (Å²) in [6.45, 7) is 0. The van der Waals surface area contributed by atoms with Crippen LogP contribution in [0.5, 0.6) is 11.5 Å². The first-order valence-electron chi connectivity index (χ1n) is 10.9. The fourth-order valence-corrected chi connectivity index (χ4v) is 5.37. The second kappa shape index (κ2) is 11.1. The molecule has 0 bridgehead atoms. The van der Waals surface area contributed by atoms with Gasteiger partial charge < -0.3 is 19.7 Å². The third-order valence-electron chi connectivity index (χ3n) is 5.74. The van der Waals surface area contributed by atoms with Crippen molar-refractivity contribution in [1.29, 1.82) is 10.5 Å². The second-order valence-electron chi connectivity index (χ2n) is 8.00. The van der Waals surface area contributed by atoms with Gasteiger partial charge in [0, 0.05) is 11.0 Å². The number of hydrogen-bond acceptors (Lipinski definition) is 7. The topological polar surface area (TPSA) is 106 Å². The Morgan fingerprint density at radius 3 is 1.94 bits per heavy atom. The summed E-state index contributed by atoms with van der Waals surface area (Å²) in [7, 11) is 0. The van der Waals surface area contributed by atoms with Crippen molar-refractivity contribution >= 4 is 11.8 Å². The summed E-state index contributed by atoms with van der Waals surface area (Å²) in [6, 6.07) is 27.7. The average Bonchev–Trinajstić information content (AvgIpc) is 2.98. The number of aliphatic hydroxyl groups excluding tert-OH is 2. The Balaban J connectivity index is 1.64. The average molecular weight is 473 g/mol. The van der Waals surface area contributed by atoms with Gasteiger partial charge in [0.2, 0.25) is 0 Å². The first kappa shape index (κ1) is 23.7. The molecule has 5 atom stereocenters. The summed E-state index contributed by atoms with van der Waals surface area (Å²) >= 11 is 1.53. The lowest BCUT2D eigenvalue weighted by molar-refractivity contribution is -0.0822. The van der Waals surface area contributed by atoms with Gasteiger partial charge in [0.25, 0.3) is 0 Å². The summed E-state index contributed by atoms with van der Waals surface area (Å²) in [5.74, 6) is 1.10. The number of rotatable bonds is 6. The second-order valence-corrected chi connectivity index (χ2v) is 9.27. The Morgan fingerprint density at radius 1 is 0.765 bits per heavy atom. The molecule has 7 heteroatoms. The molecule has 3 aromatic carbocycles. The summed E-state index contributed by atoms with van der Waals surface area (Å²) in [4.78, 5) is 0. The van der Waals surface area contributed by atoms with Gasteiger partial charge in [-0.2, -0.15) is 22.3 Å². The van der Waals surface area contributed by atoms with Gasteiger partial charge in [-0.1, -0.05) is 54.6 Å². The number of nitrogens with zero attached hydrogens (tertiary/aromatic N) is 2. The van der Waals surface area contributed by atoms with Crippen LogP contribution in [-0.4, -0.2) is 45.6 Å². The predicted octanol–water partition coefficient (Wildman–Crippen LogP) is 3.70. The van der Waals surface area contributed by atoms with Crippen molar-refractivity contribution < 1.29 is 19.7 Å². The van der Waals surface area contributed by atoms with Crippen LogP contribution in [0.25, 0.3) is 0 Å². The quantitative estimate of drug-likeness (QED) is 0.563. The van der Waals surface area contributed by atoms with Gasteiger partial charge in [-0.25, -0.2) is 0 Å². The summed E-state index contributed by atoms with van der Waals surface area (Å²) in [5, 5.41) is 41.0. The van der Waals surface area contributed by atoms with Gasteiger partial charge in [0.1, 0.15) is 48.1 Å². The van der Waals surface area contributed by atoms with Crippen LogP contribution < -0.4 is 9.47 Å². The lowest BCUT2D eigenvalue weighted by atomic mass is 9.97. The molecule has 1 aliphatic rings. The van der Waals surface area contributed by atoms with Crippen molar-refractivity contribution in [2.45, 2.75) is 36.1 Å². The van der Waals surface area contributed by atoms with E-state index >= 15 is 0 Å². The predicted molar refractivity (Wildman–Crippen MR) is 130 cm³/mol. The van der Waals surface area contributed by atoms with Crippen molar-refractivity contribution in [1.82, 2.24) is 0 Å². The van der Waals surface area contributed by atoms with E-state index in [1.807, 2.05) is 30.3 Å². The van der Waals surface area contributed by atoms with E-state index < -0.39 is 24.4 Å². The molecule has 6 nitrogen and oxygen atoms in total. The molecule has 0 amide bonds. The van der Waals surface area contributed by atoms with E-state index in [2.05, 4.69) is 12.1 Å². The molecule has 0 spiro atoms. The highest BCUT2D eigenvalue weighted by atomic mass is 32.2. The highest BCUT2D eigenvalue weighted by Gasteiger charge is 2.43. The summed E-state index contributed by atoms with van der Waals surface area (Å²) in [5.41, 5.74) is 1.78. The van der Waals surface area contributed by atoms with Crippen molar-refractivity contribution in [3.05, 3.63) is 95.6 Å². The Labute approximate surface area is 203 Å². The van der Waals surface area contributed by atoms with Crippen LogP contribution in [0, 0.1) is 22.7 Å². The molecule has 1 fully saturated rings. The molecule has 4 rings (SSSR count). The minimum Gasteiger partial charge on any atom is -0.485 e. The van der Waals surface area contributed by atoms with Crippen molar-refractivity contribution in [2.75, 3.05) is 5.75 Å². The fourth-order valence-electron chi connectivity index (χ4n) is 3.95. The minimum absolute atomic E-state index is 0.224. The first-order chi connectivity index (χ1) is 16.6. The molecule has 0 aliphatic carbocycles. The first-order valence-corrected chi connectivity index (χ1v) is 12.0. The van der Waals surface area contributed by atoms with Gasteiger partial charge in [-0.15, -0.1) is 0 Å². The van der Waals surface area contributed by atoms with Crippen molar-refractivity contribution in [3.8, 4) is 23.6 Å². The number of para-hydroxylation sites is 2. The number of nitriles is 2. The van der Waals surface area contributed by atoms with Gasteiger partial charge in [0.15, 0.2) is 0 Å². The summed E-state index contributed by atoms with van der Waals surface area (Å²) < 4.78 is 12.2. The molecule has 5 unspecified atom stereocenters. The van der Waals surface area contributed by atoms with E-state index in [0.717, 1.165) is 5.56 Å². The normalized spacial score (nSPS) is 24.3. The third kappa shape index (κ3) is 5.35. The van der Waals surface area contributed by atoms with Crippen LogP contribution in [0.3, 0.4) is 0 Å². The van der Waals surface area contributed by atoms with Crippen LogP contribution in [0.1, 0.15) is 16.7 Å². The lowest BCUT2D eigenvalue weighted by Gasteiger charge is -2.31. The molecule has 3 aromatic rings. The van der Waals surface area contributed by atoms with E-state index in [1.165, 1.54) is 11.8 Å². The highest BCUT2D eigenvalue weighted by Crippen LogP contribution is 2.34. The van der Waals surface area contributed by atoms with E-state index in [4.69, 9.17) is 9.47 Å². The number of benzene rings is 3. The summed E-state index contributed by atoms with van der Waals surface area (Å²) in [6.07, 6.45) is -3.51. The maximum atomic E-state index is 11.2. The van der Waals surface area contributed by atoms with Crippen molar-refractivity contribution in [2.24, 2.45) is 0 Å². The third-order valence-corrected chi connectivity index (χ3v) is 7.13. The van der Waals surface area contributed by atoms with Gasteiger partial charge in [-0.3, -0.25) is 0 Å². The monoisotopic (exact) mass is 472 g/mol. The fraction of sp³-hybridized carbons (Fsp3) is 0.259. The minimum atomic E-state index is -1.28. The zero-order chi connectivity index (χ0) is 23.9. The Hall–Kier alpha value is -3.49. The molecular weight excluding hydrogens is 448 g/mol. The number of aliphatic hydroxyl groups is 2. The Kier molecular flexibility index (Phi) is 7.72. The van der Waals surface area contributed by atoms with E-state index in [-0.39, 0.29) is 5.25 Å². The molecule has 0 radical (unpaired) electrons. The smallest absolute Gasteiger partial charge is 0.139 e. The highest BCUT2D eigenvalue weighted by molar-refractivity contribution is 8.00. The van der Waals surface area contributed by atoms with E-state index in [9.17, 15) is 20.7 Å². The Morgan fingerprint density at radius 2 is 1.32 bits per heavy atom. The van der Waals surface area contributed by atoms with Gasteiger partial charge >= 0.3 is 0 Å². The molecule has 0 aromatic heterocycles. The maximum absolute atomic E-state index is 11.2. The molecule has 34 heavy (non-hydrogen) atoms. The number of ether oxygens (including phenoxy) is 2. The zero-order valence-electron chi connectivity index (χ0n) is 18.3. The molecule has 172 valence electrons. The molecule has 0 saturated carbocycles. The SMILES string of the molecule is N#Cc1ccccc1OC1CSC(Cc2ccccc2)C(Oc2ccccc2C#N)C(O)C1O. The lowest BCUT2D eigenvalue weighted by Crippen LogP contribution is -2.50. The molecule has 2 N–H and O–H groups in total. The van der Waals surface area contributed by atoms with E-state index in [1.54, 1.807) is 48.5 Å². The van der Waals surface area contributed by atoms with E-state index in [0.29, 0.717) is 34.8 Å². The van der Waals surface area contributed by atoms with Crippen LogP contribution in [0.15, 0.2) is 78.9 Å². The standard InChI is InChI=1S/C27H24N2O4S/c28-15-19-10-4-6-12-21(19)32-23-17-34-24(14-18-8-2-1-3-9-18)27(26(31)25(23)30)33-22-13-7-5-11-20(22)16-29/h1-13,23-27,30-31H,14,17H2. The Bertz CT molecular complexity index is 1190. The van der Waals surface area contributed by atoms with Gasteiger partial charge in [-0.05, 0) is 36.2 Å². The van der Waals surface area contributed by atoms with Crippen LogP contribution >= 0.6 is 11.8 Å². The number of thioether (sulfide) groups is 1. The molecule has 1 saturated heterocycles. The molecular formula is C27H24N2O4S.